The number of hydrogen-bond acceptors (Lipinski definition) is 4. The standard InChI is InChI=1S/C20H34N6O/c1-4-22-20(24-11-9-15(2)3)25-13-16-7-5-10-23-19(16)26-12-6-8-17(14-26)18(21)27/h5,7,10,15,17H,4,6,8-9,11-14H2,1-3H3,(H2,21,27)(H2,22,24,25). The number of carbonyl (C=O) groups is 1. The number of nitrogens with two attached hydrogens (primary N) is 1. The summed E-state index contributed by atoms with van der Waals surface area (Å²) in [5, 5.41) is 6.68. The van der Waals surface area contributed by atoms with Gasteiger partial charge in [-0.25, -0.2) is 9.98 Å². The number of amides is 1. The fraction of sp³-hybridized carbons (Fsp3) is 0.650. The number of aliphatic imine (C=N–C) groups is 1. The summed E-state index contributed by atoms with van der Waals surface area (Å²) >= 11 is 0. The lowest BCUT2D eigenvalue weighted by molar-refractivity contribution is -0.122. The first kappa shape index (κ1) is 21.0. The van der Waals surface area contributed by atoms with Crippen molar-refractivity contribution >= 4 is 17.7 Å². The number of aromatic nitrogens is 1. The molecule has 0 radical (unpaired) electrons. The van der Waals surface area contributed by atoms with Crippen LogP contribution in [0.3, 0.4) is 0 Å². The molecule has 1 atom stereocenters. The van der Waals surface area contributed by atoms with Crippen LogP contribution in [-0.2, 0) is 11.3 Å². The molecule has 1 fully saturated rings. The van der Waals surface area contributed by atoms with E-state index < -0.39 is 0 Å². The number of piperidine rings is 1. The van der Waals surface area contributed by atoms with Crippen molar-refractivity contribution in [1.29, 1.82) is 0 Å². The third kappa shape index (κ3) is 6.73. The maximum absolute atomic E-state index is 11.6. The third-order valence-corrected chi connectivity index (χ3v) is 4.76. The molecule has 1 aliphatic rings. The number of nitrogens with one attached hydrogen (secondary N) is 2. The molecule has 150 valence electrons. The van der Waals surface area contributed by atoms with Crippen molar-refractivity contribution < 1.29 is 4.79 Å². The van der Waals surface area contributed by atoms with Crippen molar-refractivity contribution in [1.82, 2.24) is 15.6 Å². The van der Waals surface area contributed by atoms with Gasteiger partial charge in [-0.2, -0.15) is 0 Å². The van der Waals surface area contributed by atoms with Gasteiger partial charge in [0.2, 0.25) is 5.91 Å². The SMILES string of the molecule is CCNC(=NCc1cccnc1N1CCCC(C(N)=O)C1)NCCC(C)C. The molecule has 0 aliphatic carbocycles. The van der Waals surface area contributed by atoms with E-state index in [0.717, 1.165) is 56.2 Å². The van der Waals surface area contributed by atoms with Crippen LogP contribution in [0.4, 0.5) is 5.82 Å². The molecule has 7 nitrogen and oxygen atoms in total. The van der Waals surface area contributed by atoms with Crippen molar-refractivity contribution in [3.63, 3.8) is 0 Å². The van der Waals surface area contributed by atoms with Gasteiger partial charge in [0.15, 0.2) is 5.96 Å². The van der Waals surface area contributed by atoms with Crippen LogP contribution < -0.4 is 21.3 Å². The molecule has 0 aromatic carbocycles. The molecule has 1 saturated heterocycles. The number of nitrogens with zero attached hydrogens (tertiary/aromatic N) is 3. The van der Waals surface area contributed by atoms with E-state index in [9.17, 15) is 4.79 Å². The normalized spacial score (nSPS) is 17.9. The van der Waals surface area contributed by atoms with Gasteiger partial charge in [-0.3, -0.25) is 4.79 Å². The van der Waals surface area contributed by atoms with Crippen molar-refractivity contribution in [2.75, 3.05) is 31.1 Å². The molecule has 1 amide bonds. The highest BCUT2D eigenvalue weighted by molar-refractivity contribution is 5.80. The minimum Gasteiger partial charge on any atom is -0.369 e. The van der Waals surface area contributed by atoms with Gasteiger partial charge >= 0.3 is 0 Å². The zero-order valence-electron chi connectivity index (χ0n) is 16.9. The highest BCUT2D eigenvalue weighted by atomic mass is 16.1. The number of carbonyl (C=O) groups excluding carboxylic acids is 1. The number of rotatable bonds is 8. The first-order valence-corrected chi connectivity index (χ1v) is 10.0. The van der Waals surface area contributed by atoms with Crippen LogP contribution in [0.25, 0.3) is 0 Å². The maximum atomic E-state index is 11.6. The highest BCUT2D eigenvalue weighted by Crippen LogP contribution is 2.24. The Kier molecular flexibility index (Phi) is 8.36. The molecule has 0 spiro atoms. The van der Waals surface area contributed by atoms with Crippen LogP contribution in [0.2, 0.25) is 0 Å². The van der Waals surface area contributed by atoms with Gasteiger partial charge in [-0.05, 0) is 38.2 Å². The topological polar surface area (TPSA) is 95.6 Å². The van der Waals surface area contributed by atoms with Gasteiger partial charge in [0.05, 0.1) is 12.5 Å². The Hall–Kier alpha value is -2.31. The summed E-state index contributed by atoms with van der Waals surface area (Å²) in [5.74, 6) is 2.06. The van der Waals surface area contributed by atoms with E-state index in [0.29, 0.717) is 19.0 Å². The van der Waals surface area contributed by atoms with Gasteiger partial charge in [-0.15, -0.1) is 0 Å². The largest absolute Gasteiger partial charge is 0.369 e. The molecule has 7 heteroatoms. The molecule has 2 heterocycles. The van der Waals surface area contributed by atoms with Crippen LogP contribution in [0.1, 0.15) is 45.6 Å². The van der Waals surface area contributed by atoms with E-state index in [4.69, 9.17) is 10.7 Å². The van der Waals surface area contributed by atoms with Gasteiger partial charge in [0, 0.05) is 37.9 Å². The van der Waals surface area contributed by atoms with Crippen molar-refractivity contribution in [3.8, 4) is 0 Å². The Balaban J connectivity index is 2.08. The molecule has 27 heavy (non-hydrogen) atoms. The average molecular weight is 375 g/mol. The van der Waals surface area contributed by atoms with Crippen molar-refractivity contribution in [3.05, 3.63) is 23.9 Å². The molecule has 1 aliphatic heterocycles. The summed E-state index contributed by atoms with van der Waals surface area (Å²) in [7, 11) is 0. The predicted octanol–water partition coefficient (Wildman–Crippen LogP) is 1.88. The minimum absolute atomic E-state index is 0.105. The van der Waals surface area contributed by atoms with E-state index in [-0.39, 0.29) is 11.8 Å². The lowest BCUT2D eigenvalue weighted by Gasteiger charge is -2.33. The number of primary amides is 1. The van der Waals surface area contributed by atoms with Gasteiger partial charge in [0.1, 0.15) is 5.82 Å². The second-order valence-electron chi connectivity index (χ2n) is 7.48. The predicted molar refractivity (Wildman–Crippen MR) is 111 cm³/mol. The first-order chi connectivity index (χ1) is 13.0. The summed E-state index contributed by atoms with van der Waals surface area (Å²) < 4.78 is 0. The van der Waals surface area contributed by atoms with Gasteiger partial charge in [-0.1, -0.05) is 19.9 Å². The molecule has 1 aromatic heterocycles. The fourth-order valence-electron chi connectivity index (χ4n) is 3.23. The van der Waals surface area contributed by atoms with Crippen LogP contribution in [0.15, 0.2) is 23.3 Å². The summed E-state index contributed by atoms with van der Waals surface area (Å²) in [6, 6.07) is 3.99. The number of anilines is 1. The highest BCUT2D eigenvalue weighted by Gasteiger charge is 2.25. The second-order valence-corrected chi connectivity index (χ2v) is 7.48. The van der Waals surface area contributed by atoms with Crippen molar-refractivity contribution in [2.45, 2.75) is 46.6 Å². The Morgan fingerprint density at radius 3 is 2.96 bits per heavy atom. The Morgan fingerprint density at radius 2 is 2.26 bits per heavy atom. The third-order valence-electron chi connectivity index (χ3n) is 4.76. The zero-order chi connectivity index (χ0) is 19.6. The van der Waals surface area contributed by atoms with Crippen LogP contribution in [-0.4, -0.2) is 43.0 Å². The summed E-state index contributed by atoms with van der Waals surface area (Å²) in [5.41, 5.74) is 6.58. The Bertz CT molecular complexity index is 631. The number of guanidine groups is 1. The monoisotopic (exact) mass is 374 g/mol. The molecule has 1 unspecified atom stereocenters. The Labute approximate surface area is 162 Å². The minimum atomic E-state index is -0.223. The zero-order valence-corrected chi connectivity index (χ0v) is 16.9. The molecule has 2 rings (SSSR count). The lowest BCUT2D eigenvalue weighted by Crippen LogP contribution is -2.42. The summed E-state index contributed by atoms with van der Waals surface area (Å²) in [4.78, 5) is 23.1. The smallest absolute Gasteiger partial charge is 0.222 e. The fourth-order valence-corrected chi connectivity index (χ4v) is 3.23. The van der Waals surface area contributed by atoms with Crippen LogP contribution >= 0.6 is 0 Å². The summed E-state index contributed by atoms with van der Waals surface area (Å²) in [6.45, 7) is 10.3. The quantitative estimate of drug-likeness (QED) is 0.477. The van der Waals surface area contributed by atoms with Gasteiger partial charge in [0.25, 0.3) is 0 Å². The van der Waals surface area contributed by atoms with E-state index >= 15 is 0 Å². The van der Waals surface area contributed by atoms with Crippen LogP contribution in [0, 0.1) is 11.8 Å². The van der Waals surface area contributed by atoms with E-state index in [2.05, 4.69) is 47.4 Å². The summed E-state index contributed by atoms with van der Waals surface area (Å²) in [6.07, 6.45) is 4.70. The van der Waals surface area contributed by atoms with E-state index in [1.807, 2.05) is 6.07 Å². The number of pyridine rings is 1. The Morgan fingerprint density at radius 1 is 1.44 bits per heavy atom. The molecular formula is C20H34N6O. The number of hydrogen-bond donors (Lipinski definition) is 3. The molecule has 0 saturated carbocycles. The first-order valence-electron chi connectivity index (χ1n) is 10.0. The average Bonchev–Trinajstić information content (AvgIpc) is 2.66. The maximum Gasteiger partial charge on any atom is 0.222 e. The molecule has 1 aromatic rings. The van der Waals surface area contributed by atoms with Crippen molar-refractivity contribution in [2.24, 2.45) is 22.6 Å². The van der Waals surface area contributed by atoms with Crippen LogP contribution in [0.5, 0.6) is 0 Å². The molecular weight excluding hydrogens is 340 g/mol. The lowest BCUT2D eigenvalue weighted by atomic mass is 9.97. The van der Waals surface area contributed by atoms with E-state index in [1.165, 1.54) is 0 Å². The van der Waals surface area contributed by atoms with E-state index in [1.54, 1.807) is 6.20 Å². The molecule has 4 N–H and O–H groups in total. The van der Waals surface area contributed by atoms with Gasteiger partial charge < -0.3 is 21.3 Å². The molecule has 0 bridgehead atoms. The second kappa shape index (κ2) is 10.7.